The van der Waals surface area contributed by atoms with E-state index in [-0.39, 0.29) is 10.6 Å². The van der Waals surface area contributed by atoms with E-state index in [1.165, 1.54) is 4.90 Å². The topological polar surface area (TPSA) is 29.5 Å². The van der Waals surface area contributed by atoms with Gasteiger partial charge in [0.05, 0.1) is 12.7 Å². The first-order chi connectivity index (χ1) is 9.02. The average molecular weight is 399 g/mol. The lowest BCUT2D eigenvalue weighted by Gasteiger charge is -2.32. The largest absolute Gasteiger partial charge is 0.374 e. The molecule has 1 heterocycles. The van der Waals surface area contributed by atoms with Crippen LogP contribution in [0.3, 0.4) is 0 Å². The van der Waals surface area contributed by atoms with Crippen LogP contribution in [0.25, 0.3) is 0 Å². The highest BCUT2D eigenvalue weighted by molar-refractivity contribution is 9.10. The molecule has 0 aliphatic carbocycles. The first-order valence-corrected chi connectivity index (χ1v) is 7.55. The van der Waals surface area contributed by atoms with Gasteiger partial charge in [-0.25, -0.2) is 8.78 Å². The highest BCUT2D eigenvalue weighted by atomic mass is 79.9. The fraction of sp³-hybridized carbons (Fsp3) is 0.417. The second-order valence-electron chi connectivity index (χ2n) is 4.14. The number of nitrogens with zero attached hydrogens (tertiary/aromatic N) is 1. The number of hydrogen-bond acceptors (Lipinski definition) is 2. The highest BCUT2D eigenvalue weighted by Crippen LogP contribution is 2.22. The van der Waals surface area contributed by atoms with E-state index in [0.29, 0.717) is 25.0 Å². The Balaban J connectivity index is 2.24. The zero-order valence-corrected chi connectivity index (χ0v) is 13.0. The summed E-state index contributed by atoms with van der Waals surface area (Å²) in [4.78, 5) is 13.6. The Labute approximate surface area is 126 Å². The van der Waals surface area contributed by atoms with Crippen molar-refractivity contribution in [2.45, 2.75) is 6.10 Å². The number of hydrogen-bond donors (Lipinski definition) is 0. The van der Waals surface area contributed by atoms with Gasteiger partial charge in [-0.05, 0) is 12.1 Å². The Hall–Kier alpha value is -0.530. The lowest BCUT2D eigenvalue weighted by Crippen LogP contribution is -2.46. The number of ether oxygens (including phenoxy) is 1. The maximum absolute atomic E-state index is 13.7. The van der Waals surface area contributed by atoms with Crippen LogP contribution in [-0.2, 0) is 4.74 Å². The maximum atomic E-state index is 13.7. The molecule has 0 spiro atoms. The summed E-state index contributed by atoms with van der Waals surface area (Å²) in [5.74, 6) is -2.37. The molecule has 0 aromatic heterocycles. The van der Waals surface area contributed by atoms with Crippen molar-refractivity contribution in [1.82, 2.24) is 4.90 Å². The summed E-state index contributed by atoms with van der Waals surface area (Å²) in [6.45, 7) is 1.01. The molecule has 1 aromatic rings. The van der Waals surface area contributed by atoms with Gasteiger partial charge in [-0.3, -0.25) is 4.79 Å². The molecule has 1 fully saturated rings. The normalized spacial score (nSPS) is 19.6. The van der Waals surface area contributed by atoms with Gasteiger partial charge in [-0.1, -0.05) is 31.9 Å². The number of carbonyl (C=O) groups is 1. The van der Waals surface area contributed by atoms with E-state index in [1.54, 1.807) is 0 Å². The van der Waals surface area contributed by atoms with Gasteiger partial charge in [0.15, 0.2) is 0 Å². The van der Waals surface area contributed by atoms with Gasteiger partial charge in [0, 0.05) is 22.9 Å². The molecule has 1 amide bonds. The summed E-state index contributed by atoms with van der Waals surface area (Å²) in [6, 6.07) is 2.16. The van der Waals surface area contributed by atoms with E-state index in [0.717, 1.165) is 12.1 Å². The lowest BCUT2D eigenvalue weighted by molar-refractivity contribution is -0.0100. The number of morpholine rings is 1. The predicted molar refractivity (Wildman–Crippen MR) is 73.5 cm³/mol. The first-order valence-electron chi connectivity index (χ1n) is 5.64. The van der Waals surface area contributed by atoms with Gasteiger partial charge in [0.25, 0.3) is 5.91 Å². The van der Waals surface area contributed by atoms with Crippen molar-refractivity contribution in [3.8, 4) is 0 Å². The summed E-state index contributed by atoms with van der Waals surface area (Å²) in [7, 11) is 0. The lowest BCUT2D eigenvalue weighted by atomic mass is 10.1. The Morgan fingerprint density at radius 3 is 2.63 bits per heavy atom. The number of halogens is 4. The standard InChI is InChI=1S/C12H11Br2F2NO2/c13-5-8-6-17(1-2-19-8)12(18)11-9(15)3-7(14)4-10(11)16/h3-4,8H,1-2,5-6H2. The molecule has 1 atom stereocenters. The van der Waals surface area contributed by atoms with Crippen LogP contribution in [0.1, 0.15) is 10.4 Å². The number of carbonyl (C=O) groups excluding carboxylic acids is 1. The minimum atomic E-state index is -0.862. The van der Waals surface area contributed by atoms with Crippen LogP contribution in [0.5, 0.6) is 0 Å². The van der Waals surface area contributed by atoms with Crippen LogP contribution < -0.4 is 0 Å². The SMILES string of the molecule is O=C(c1c(F)cc(Br)cc1F)N1CCOC(CBr)C1. The molecule has 2 rings (SSSR count). The van der Waals surface area contributed by atoms with Crippen molar-refractivity contribution in [2.75, 3.05) is 25.0 Å². The van der Waals surface area contributed by atoms with E-state index in [2.05, 4.69) is 31.9 Å². The van der Waals surface area contributed by atoms with Crippen molar-refractivity contribution in [1.29, 1.82) is 0 Å². The predicted octanol–water partition coefficient (Wildman–Crippen LogP) is 2.96. The Morgan fingerprint density at radius 1 is 1.42 bits per heavy atom. The fourth-order valence-corrected chi connectivity index (χ4v) is 2.70. The van der Waals surface area contributed by atoms with Crippen LogP contribution >= 0.6 is 31.9 Å². The van der Waals surface area contributed by atoms with Crippen molar-refractivity contribution in [3.63, 3.8) is 0 Å². The van der Waals surface area contributed by atoms with E-state index in [1.807, 2.05) is 0 Å². The second kappa shape index (κ2) is 6.28. The zero-order valence-electron chi connectivity index (χ0n) is 9.84. The first kappa shape index (κ1) is 14.9. The number of amides is 1. The molecular formula is C12H11Br2F2NO2. The highest BCUT2D eigenvalue weighted by Gasteiger charge is 2.28. The molecule has 104 valence electrons. The molecule has 0 radical (unpaired) electrons. The Morgan fingerprint density at radius 2 is 2.05 bits per heavy atom. The number of alkyl halides is 1. The summed E-state index contributed by atoms with van der Waals surface area (Å²) in [6.07, 6.45) is -0.153. The monoisotopic (exact) mass is 397 g/mol. The van der Waals surface area contributed by atoms with Crippen molar-refractivity contribution < 1.29 is 18.3 Å². The molecule has 1 saturated heterocycles. The minimum Gasteiger partial charge on any atom is -0.374 e. The second-order valence-corrected chi connectivity index (χ2v) is 5.71. The van der Waals surface area contributed by atoms with Gasteiger partial charge in [-0.15, -0.1) is 0 Å². The molecule has 3 nitrogen and oxygen atoms in total. The maximum Gasteiger partial charge on any atom is 0.259 e. The van der Waals surface area contributed by atoms with Gasteiger partial charge in [0.1, 0.15) is 17.2 Å². The Bertz CT molecular complexity index is 476. The van der Waals surface area contributed by atoms with Crippen LogP contribution in [0, 0.1) is 11.6 Å². The van der Waals surface area contributed by atoms with E-state index in [9.17, 15) is 13.6 Å². The zero-order chi connectivity index (χ0) is 14.0. The summed E-state index contributed by atoms with van der Waals surface area (Å²) < 4.78 is 33.1. The molecule has 1 aromatic carbocycles. The molecule has 1 unspecified atom stereocenters. The number of benzene rings is 1. The third-order valence-corrected chi connectivity index (χ3v) is 4.00. The van der Waals surface area contributed by atoms with E-state index < -0.39 is 23.1 Å². The minimum absolute atomic E-state index is 0.153. The molecule has 0 N–H and O–H groups in total. The molecule has 1 aliphatic heterocycles. The van der Waals surface area contributed by atoms with Gasteiger partial charge < -0.3 is 9.64 Å². The van der Waals surface area contributed by atoms with Crippen LogP contribution in [0.15, 0.2) is 16.6 Å². The third kappa shape index (κ3) is 3.32. The number of rotatable bonds is 2. The van der Waals surface area contributed by atoms with Crippen molar-refractivity contribution >= 4 is 37.8 Å². The van der Waals surface area contributed by atoms with E-state index >= 15 is 0 Å². The van der Waals surface area contributed by atoms with Crippen molar-refractivity contribution in [2.24, 2.45) is 0 Å². The van der Waals surface area contributed by atoms with Gasteiger partial charge >= 0.3 is 0 Å². The molecule has 1 aliphatic rings. The average Bonchev–Trinajstić information content (AvgIpc) is 2.37. The smallest absolute Gasteiger partial charge is 0.259 e. The van der Waals surface area contributed by atoms with E-state index in [4.69, 9.17) is 4.74 Å². The van der Waals surface area contributed by atoms with Crippen LogP contribution in [0.2, 0.25) is 0 Å². The summed E-state index contributed by atoms with van der Waals surface area (Å²) in [5, 5.41) is 0.572. The fourth-order valence-electron chi connectivity index (χ4n) is 1.90. The van der Waals surface area contributed by atoms with Crippen LogP contribution in [0.4, 0.5) is 8.78 Å². The van der Waals surface area contributed by atoms with Gasteiger partial charge in [0.2, 0.25) is 0 Å². The van der Waals surface area contributed by atoms with Crippen molar-refractivity contribution in [3.05, 3.63) is 33.8 Å². The quantitative estimate of drug-likeness (QED) is 0.717. The molecule has 19 heavy (non-hydrogen) atoms. The molecule has 7 heteroatoms. The third-order valence-electron chi connectivity index (χ3n) is 2.82. The van der Waals surface area contributed by atoms with Gasteiger partial charge in [-0.2, -0.15) is 0 Å². The molecular weight excluding hydrogens is 388 g/mol. The van der Waals surface area contributed by atoms with Crippen LogP contribution in [-0.4, -0.2) is 41.9 Å². The summed E-state index contributed by atoms with van der Waals surface area (Å²) >= 11 is 6.25. The summed E-state index contributed by atoms with van der Waals surface area (Å²) in [5.41, 5.74) is -0.515. The molecule has 0 saturated carbocycles. The Kier molecular flexibility index (Phi) is 4.92. The molecule has 0 bridgehead atoms.